The number of nitrogens with one attached hydrogen (secondary N) is 1. The maximum absolute atomic E-state index is 12.8. The minimum absolute atomic E-state index is 0.206. The van der Waals surface area contributed by atoms with Crippen LogP contribution in [0.2, 0.25) is 5.02 Å². The first-order valence-corrected chi connectivity index (χ1v) is 7.37. The van der Waals surface area contributed by atoms with Crippen molar-refractivity contribution in [2.75, 3.05) is 6.54 Å². The monoisotopic (exact) mass is 321 g/mol. The third-order valence-electron chi connectivity index (χ3n) is 3.10. The van der Waals surface area contributed by atoms with Crippen molar-refractivity contribution in [3.8, 4) is 5.75 Å². The fraction of sp³-hybridized carbons (Fsp3) is 0.235. The Balaban J connectivity index is 1.77. The van der Waals surface area contributed by atoms with E-state index in [0.29, 0.717) is 23.7 Å². The second-order valence-corrected chi connectivity index (χ2v) is 5.32. The molecule has 116 valence electrons. The number of halogens is 2. The van der Waals surface area contributed by atoms with Crippen LogP contribution in [0.3, 0.4) is 0 Å². The minimum Gasteiger partial charge on any atom is -0.481 e. The van der Waals surface area contributed by atoms with Gasteiger partial charge in [-0.2, -0.15) is 0 Å². The number of carbonyl (C=O) groups excluding carboxylic acids is 1. The second kappa shape index (κ2) is 7.80. The lowest BCUT2D eigenvalue weighted by atomic mass is 10.1. The van der Waals surface area contributed by atoms with Crippen LogP contribution in [0.4, 0.5) is 4.39 Å². The molecule has 22 heavy (non-hydrogen) atoms. The van der Waals surface area contributed by atoms with Crippen molar-refractivity contribution in [3.05, 3.63) is 64.9 Å². The maximum atomic E-state index is 12.8. The molecule has 0 aliphatic carbocycles. The van der Waals surface area contributed by atoms with Gasteiger partial charge in [-0.15, -0.1) is 0 Å². The van der Waals surface area contributed by atoms with Gasteiger partial charge in [0.15, 0.2) is 6.10 Å². The first-order valence-electron chi connectivity index (χ1n) is 6.99. The van der Waals surface area contributed by atoms with Gasteiger partial charge in [-0.3, -0.25) is 4.79 Å². The predicted molar refractivity (Wildman–Crippen MR) is 84.7 cm³/mol. The lowest BCUT2D eigenvalue weighted by Crippen LogP contribution is -2.37. The van der Waals surface area contributed by atoms with Crippen molar-refractivity contribution in [3.63, 3.8) is 0 Å². The van der Waals surface area contributed by atoms with E-state index in [-0.39, 0.29) is 11.7 Å². The van der Waals surface area contributed by atoms with Crippen molar-refractivity contribution in [1.29, 1.82) is 0 Å². The number of hydrogen-bond donors (Lipinski definition) is 1. The number of benzene rings is 2. The van der Waals surface area contributed by atoms with Gasteiger partial charge in [-0.05, 0) is 49.2 Å². The zero-order valence-corrected chi connectivity index (χ0v) is 12.9. The largest absolute Gasteiger partial charge is 0.481 e. The molecular formula is C17H17ClFNO2. The lowest BCUT2D eigenvalue weighted by Gasteiger charge is -2.15. The summed E-state index contributed by atoms with van der Waals surface area (Å²) in [7, 11) is 0. The van der Waals surface area contributed by atoms with E-state index in [4.69, 9.17) is 16.3 Å². The summed E-state index contributed by atoms with van der Waals surface area (Å²) >= 11 is 5.86. The standard InChI is InChI=1S/C17H17ClFNO2/c1-12(22-16-4-2-3-14(18)11-16)17(21)20-10-9-13-5-7-15(19)8-6-13/h2-8,11-12H,9-10H2,1H3,(H,20,21). The predicted octanol–water partition coefficient (Wildman–Crippen LogP) is 3.61. The first kappa shape index (κ1) is 16.3. The molecule has 5 heteroatoms. The van der Waals surface area contributed by atoms with E-state index < -0.39 is 6.10 Å². The van der Waals surface area contributed by atoms with Gasteiger partial charge in [0.1, 0.15) is 11.6 Å². The van der Waals surface area contributed by atoms with Crippen LogP contribution in [-0.2, 0) is 11.2 Å². The summed E-state index contributed by atoms with van der Waals surface area (Å²) in [5.41, 5.74) is 0.963. The Morgan fingerprint density at radius 1 is 1.27 bits per heavy atom. The molecule has 0 saturated heterocycles. The second-order valence-electron chi connectivity index (χ2n) is 4.88. The van der Waals surface area contributed by atoms with Crippen LogP contribution in [0.1, 0.15) is 12.5 Å². The Labute approximate surface area is 134 Å². The van der Waals surface area contributed by atoms with E-state index in [1.807, 2.05) is 0 Å². The zero-order chi connectivity index (χ0) is 15.9. The normalized spacial score (nSPS) is 11.8. The number of hydrogen-bond acceptors (Lipinski definition) is 2. The molecule has 1 N–H and O–H groups in total. The van der Waals surface area contributed by atoms with Gasteiger partial charge in [-0.1, -0.05) is 29.8 Å². The topological polar surface area (TPSA) is 38.3 Å². The summed E-state index contributed by atoms with van der Waals surface area (Å²) in [6, 6.07) is 13.1. The van der Waals surface area contributed by atoms with Crippen LogP contribution in [-0.4, -0.2) is 18.6 Å². The van der Waals surface area contributed by atoms with Gasteiger partial charge < -0.3 is 10.1 Å². The molecular weight excluding hydrogens is 305 g/mol. The van der Waals surface area contributed by atoms with E-state index in [9.17, 15) is 9.18 Å². The van der Waals surface area contributed by atoms with Gasteiger partial charge in [0.2, 0.25) is 0 Å². The molecule has 0 fully saturated rings. The van der Waals surface area contributed by atoms with Crippen LogP contribution >= 0.6 is 11.6 Å². The molecule has 0 bridgehead atoms. The summed E-state index contributed by atoms with van der Waals surface area (Å²) in [4.78, 5) is 11.9. The highest BCUT2D eigenvalue weighted by Crippen LogP contribution is 2.18. The van der Waals surface area contributed by atoms with E-state index in [1.165, 1.54) is 12.1 Å². The van der Waals surface area contributed by atoms with Crippen LogP contribution in [0.15, 0.2) is 48.5 Å². The Hall–Kier alpha value is -2.07. The van der Waals surface area contributed by atoms with E-state index in [1.54, 1.807) is 43.3 Å². The molecule has 2 rings (SSSR count). The molecule has 0 aliphatic rings. The molecule has 1 unspecified atom stereocenters. The van der Waals surface area contributed by atoms with Gasteiger partial charge in [0.05, 0.1) is 0 Å². The maximum Gasteiger partial charge on any atom is 0.260 e. The molecule has 0 heterocycles. The minimum atomic E-state index is -0.619. The Morgan fingerprint density at radius 2 is 2.00 bits per heavy atom. The highest BCUT2D eigenvalue weighted by atomic mass is 35.5. The third-order valence-corrected chi connectivity index (χ3v) is 3.34. The van der Waals surface area contributed by atoms with Crippen molar-refractivity contribution in [2.45, 2.75) is 19.4 Å². The van der Waals surface area contributed by atoms with Gasteiger partial charge >= 0.3 is 0 Å². The van der Waals surface area contributed by atoms with Gasteiger partial charge in [0.25, 0.3) is 5.91 Å². The molecule has 1 atom stereocenters. The molecule has 2 aromatic rings. The van der Waals surface area contributed by atoms with E-state index in [0.717, 1.165) is 5.56 Å². The number of carbonyl (C=O) groups is 1. The zero-order valence-electron chi connectivity index (χ0n) is 12.2. The highest BCUT2D eigenvalue weighted by molar-refractivity contribution is 6.30. The first-order chi connectivity index (χ1) is 10.5. The quantitative estimate of drug-likeness (QED) is 0.882. The molecule has 1 amide bonds. The number of amides is 1. The summed E-state index contributed by atoms with van der Waals surface area (Å²) in [5, 5.41) is 3.35. The molecule has 0 radical (unpaired) electrons. The van der Waals surface area contributed by atoms with E-state index >= 15 is 0 Å². The van der Waals surface area contributed by atoms with Crippen LogP contribution in [0, 0.1) is 5.82 Å². The van der Waals surface area contributed by atoms with E-state index in [2.05, 4.69) is 5.32 Å². The fourth-order valence-electron chi connectivity index (χ4n) is 1.92. The Bertz CT molecular complexity index is 631. The molecule has 0 aliphatic heterocycles. The van der Waals surface area contributed by atoms with Crippen molar-refractivity contribution in [2.24, 2.45) is 0 Å². The average Bonchev–Trinajstić information content (AvgIpc) is 2.49. The van der Waals surface area contributed by atoms with Gasteiger partial charge in [-0.25, -0.2) is 4.39 Å². The molecule has 2 aromatic carbocycles. The molecule has 0 saturated carbocycles. The number of ether oxygens (including phenoxy) is 1. The van der Waals surface area contributed by atoms with Crippen LogP contribution < -0.4 is 10.1 Å². The van der Waals surface area contributed by atoms with Crippen LogP contribution in [0.5, 0.6) is 5.75 Å². The van der Waals surface area contributed by atoms with Crippen molar-refractivity contribution in [1.82, 2.24) is 5.32 Å². The SMILES string of the molecule is CC(Oc1cccc(Cl)c1)C(=O)NCCc1ccc(F)cc1. The molecule has 3 nitrogen and oxygen atoms in total. The molecule has 0 aromatic heterocycles. The molecule has 0 spiro atoms. The summed E-state index contributed by atoms with van der Waals surface area (Å²) in [6.07, 6.45) is 0.0160. The highest BCUT2D eigenvalue weighted by Gasteiger charge is 2.14. The average molecular weight is 322 g/mol. The lowest BCUT2D eigenvalue weighted by molar-refractivity contribution is -0.127. The van der Waals surface area contributed by atoms with Crippen molar-refractivity contribution < 1.29 is 13.9 Å². The van der Waals surface area contributed by atoms with Crippen molar-refractivity contribution >= 4 is 17.5 Å². The smallest absolute Gasteiger partial charge is 0.260 e. The Morgan fingerprint density at radius 3 is 2.68 bits per heavy atom. The summed E-state index contributed by atoms with van der Waals surface area (Å²) in [6.45, 7) is 2.14. The number of rotatable bonds is 6. The summed E-state index contributed by atoms with van der Waals surface area (Å²) < 4.78 is 18.3. The Kier molecular flexibility index (Phi) is 5.78. The third kappa shape index (κ3) is 5.04. The van der Waals surface area contributed by atoms with Gasteiger partial charge in [0, 0.05) is 11.6 Å². The summed E-state index contributed by atoms with van der Waals surface area (Å²) in [5.74, 6) is 0.0760. The van der Waals surface area contributed by atoms with Crippen LogP contribution in [0.25, 0.3) is 0 Å². The fourth-order valence-corrected chi connectivity index (χ4v) is 2.10.